The first-order valence-corrected chi connectivity index (χ1v) is 5.95. The molecule has 1 aromatic heterocycles. The molecule has 4 nitrogen and oxygen atoms in total. The third-order valence-corrected chi connectivity index (χ3v) is 2.93. The van der Waals surface area contributed by atoms with Crippen LogP contribution in [0.25, 0.3) is 10.9 Å². The molecule has 0 radical (unpaired) electrons. The molecule has 0 aliphatic heterocycles. The Morgan fingerprint density at radius 2 is 1.94 bits per heavy atom. The summed E-state index contributed by atoms with van der Waals surface area (Å²) in [6.45, 7) is 6.79. The minimum atomic E-state index is -0.0576. The van der Waals surface area contributed by atoms with E-state index in [0.717, 1.165) is 24.4 Å². The Balaban J connectivity index is 2.40. The number of nitrogens with one attached hydrogen (secondary N) is 1. The van der Waals surface area contributed by atoms with Crippen LogP contribution in [-0.4, -0.2) is 28.0 Å². The molecule has 0 spiro atoms. The summed E-state index contributed by atoms with van der Waals surface area (Å²) in [5, 5.41) is 0.649. The monoisotopic (exact) mass is 231 g/mol. The lowest BCUT2D eigenvalue weighted by molar-refractivity contribution is 0.288. The predicted molar refractivity (Wildman–Crippen MR) is 69.0 cm³/mol. The standard InChI is InChI=1S/C13H17N3O/c1-3-16(4-2)9-12-14-11-8-6-5-7-10(11)13(17)15-12/h5-8H,3-4,9H2,1-2H3,(H,14,15,17). The predicted octanol–water partition coefficient (Wildman–Crippen LogP) is 1.76. The van der Waals surface area contributed by atoms with E-state index < -0.39 is 0 Å². The molecular formula is C13H17N3O. The fourth-order valence-electron chi connectivity index (χ4n) is 1.87. The average molecular weight is 231 g/mol. The summed E-state index contributed by atoms with van der Waals surface area (Å²) >= 11 is 0. The second kappa shape index (κ2) is 5.10. The van der Waals surface area contributed by atoms with Gasteiger partial charge >= 0.3 is 0 Å². The van der Waals surface area contributed by atoms with Crippen molar-refractivity contribution >= 4 is 10.9 Å². The molecule has 2 rings (SSSR count). The minimum absolute atomic E-state index is 0.0576. The van der Waals surface area contributed by atoms with Gasteiger partial charge in [-0.2, -0.15) is 0 Å². The number of hydrogen-bond acceptors (Lipinski definition) is 3. The number of aromatic amines is 1. The normalized spacial score (nSPS) is 11.2. The molecule has 17 heavy (non-hydrogen) atoms. The van der Waals surface area contributed by atoms with Gasteiger partial charge in [-0.1, -0.05) is 26.0 Å². The van der Waals surface area contributed by atoms with Gasteiger partial charge in [-0.05, 0) is 25.2 Å². The first-order chi connectivity index (χ1) is 8.24. The Morgan fingerprint density at radius 1 is 1.24 bits per heavy atom. The maximum Gasteiger partial charge on any atom is 0.258 e. The summed E-state index contributed by atoms with van der Waals surface area (Å²) < 4.78 is 0. The summed E-state index contributed by atoms with van der Waals surface area (Å²) in [5.74, 6) is 0.734. The van der Waals surface area contributed by atoms with Crippen molar-refractivity contribution < 1.29 is 0 Å². The van der Waals surface area contributed by atoms with Crippen LogP contribution in [0.1, 0.15) is 19.7 Å². The van der Waals surface area contributed by atoms with E-state index in [9.17, 15) is 4.79 Å². The Hall–Kier alpha value is -1.68. The zero-order chi connectivity index (χ0) is 12.3. The third kappa shape index (κ3) is 2.53. The quantitative estimate of drug-likeness (QED) is 0.872. The third-order valence-electron chi connectivity index (χ3n) is 2.93. The summed E-state index contributed by atoms with van der Waals surface area (Å²) in [4.78, 5) is 21.4. The highest BCUT2D eigenvalue weighted by Crippen LogP contribution is 2.06. The van der Waals surface area contributed by atoms with Crippen LogP contribution in [0.15, 0.2) is 29.1 Å². The van der Waals surface area contributed by atoms with Gasteiger partial charge in [-0.3, -0.25) is 9.69 Å². The van der Waals surface area contributed by atoms with Gasteiger partial charge in [-0.25, -0.2) is 4.98 Å². The van der Waals surface area contributed by atoms with Crippen molar-refractivity contribution in [1.82, 2.24) is 14.9 Å². The lowest BCUT2D eigenvalue weighted by Crippen LogP contribution is -2.25. The maximum absolute atomic E-state index is 11.8. The van der Waals surface area contributed by atoms with Crippen LogP contribution in [-0.2, 0) is 6.54 Å². The van der Waals surface area contributed by atoms with E-state index in [2.05, 4.69) is 28.7 Å². The maximum atomic E-state index is 11.8. The van der Waals surface area contributed by atoms with Gasteiger partial charge in [-0.15, -0.1) is 0 Å². The molecular weight excluding hydrogens is 214 g/mol. The number of H-pyrrole nitrogens is 1. The van der Waals surface area contributed by atoms with E-state index in [0.29, 0.717) is 11.9 Å². The molecule has 1 N–H and O–H groups in total. The number of rotatable bonds is 4. The van der Waals surface area contributed by atoms with Gasteiger partial charge in [0.25, 0.3) is 5.56 Å². The van der Waals surface area contributed by atoms with Gasteiger partial charge in [0.05, 0.1) is 17.4 Å². The summed E-state index contributed by atoms with van der Waals surface area (Å²) in [7, 11) is 0. The molecule has 0 aliphatic carbocycles. The number of para-hydroxylation sites is 1. The van der Waals surface area contributed by atoms with Crippen LogP contribution in [0.4, 0.5) is 0 Å². The van der Waals surface area contributed by atoms with Crippen molar-refractivity contribution in [2.75, 3.05) is 13.1 Å². The van der Waals surface area contributed by atoms with Crippen molar-refractivity contribution in [1.29, 1.82) is 0 Å². The van der Waals surface area contributed by atoms with Crippen LogP contribution in [0.2, 0.25) is 0 Å². The van der Waals surface area contributed by atoms with Crippen LogP contribution in [0, 0.1) is 0 Å². The van der Waals surface area contributed by atoms with E-state index in [1.165, 1.54) is 0 Å². The summed E-state index contributed by atoms with van der Waals surface area (Å²) in [6, 6.07) is 7.41. The molecule has 4 heteroatoms. The molecule has 0 fully saturated rings. The minimum Gasteiger partial charge on any atom is -0.309 e. The lowest BCUT2D eigenvalue weighted by Gasteiger charge is -2.16. The molecule has 0 amide bonds. The highest BCUT2D eigenvalue weighted by Gasteiger charge is 2.06. The van der Waals surface area contributed by atoms with E-state index in [1.54, 1.807) is 6.07 Å². The highest BCUT2D eigenvalue weighted by atomic mass is 16.1. The second-order valence-corrected chi connectivity index (χ2v) is 3.99. The number of hydrogen-bond donors (Lipinski definition) is 1. The van der Waals surface area contributed by atoms with Crippen LogP contribution >= 0.6 is 0 Å². The Kier molecular flexibility index (Phi) is 3.54. The Morgan fingerprint density at radius 3 is 2.65 bits per heavy atom. The molecule has 1 heterocycles. The molecule has 1 aromatic carbocycles. The second-order valence-electron chi connectivity index (χ2n) is 3.99. The first kappa shape index (κ1) is 11.8. The smallest absolute Gasteiger partial charge is 0.258 e. The van der Waals surface area contributed by atoms with E-state index in [1.807, 2.05) is 18.2 Å². The summed E-state index contributed by atoms with van der Waals surface area (Å²) in [5.41, 5.74) is 0.705. The SMILES string of the molecule is CCN(CC)Cc1nc2ccccc2c(=O)[nH]1. The van der Waals surface area contributed by atoms with E-state index >= 15 is 0 Å². The molecule has 0 atom stereocenters. The zero-order valence-electron chi connectivity index (χ0n) is 10.2. The van der Waals surface area contributed by atoms with Gasteiger partial charge in [0, 0.05) is 0 Å². The van der Waals surface area contributed by atoms with Crippen LogP contribution < -0.4 is 5.56 Å². The van der Waals surface area contributed by atoms with E-state index in [-0.39, 0.29) is 5.56 Å². The molecule has 0 unspecified atom stereocenters. The molecule has 0 bridgehead atoms. The first-order valence-electron chi connectivity index (χ1n) is 5.95. The Bertz CT molecular complexity index is 558. The van der Waals surface area contributed by atoms with Crippen molar-refractivity contribution in [2.24, 2.45) is 0 Å². The number of benzene rings is 1. The van der Waals surface area contributed by atoms with Gasteiger partial charge in [0.15, 0.2) is 0 Å². The lowest BCUT2D eigenvalue weighted by atomic mass is 10.2. The van der Waals surface area contributed by atoms with Gasteiger partial charge < -0.3 is 4.98 Å². The van der Waals surface area contributed by atoms with Crippen molar-refractivity contribution in [3.8, 4) is 0 Å². The topological polar surface area (TPSA) is 49.0 Å². The number of aromatic nitrogens is 2. The van der Waals surface area contributed by atoms with Gasteiger partial charge in [0.1, 0.15) is 5.82 Å². The van der Waals surface area contributed by atoms with Crippen molar-refractivity contribution in [2.45, 2.75) is 20.4 Å². The largest absolute Gasteiger partial charge is 0.309 e. The number of fused-ring (bicyclic) bond motifs is 1. The zero-order valence-corrected chi connectivity index (χ0v) is 10.2. The molecule has 90 valence electrons. The van der Waals surface area contributed by atoms with Crippen molar-refractivity contribution in [3.63, 3.8) is 0 Å². The molecule has 0 saturated heterocycles. The van der Waals surface area contributed by atoms with Crippen LogP contribution in [0.5, 0.6) is 0 Å². The van der Waals surface area contributed by atoms with E-state index in [4.69, 9.17) is 0 Å². The molecule has 2 aromatic rings. The van der Waals surface area contributed by atoms with Crippen LogP contribution in [0.3, 0.4) is 0 Å². The highest BCUT2D eigenvalue weighted by molar-refractivity contribution is 5.77. The number of nitrogens with zero attached hydrogens (tertiary/aromatic N) is 2. The Labute approximate surface area is 100 Å². The van der Waals surface area contributed by atoms with Gasteiger partial charge in [0.2, 0.25) is 0 Å². The average Bonchev–Trinajstić information content (AvgIpc) is 2.36. The van der Waals surface area contributed by atoms with Crippen molar-refractivity contribution in [3.05, 3.63) is 40.4 Å². The fourth-order valence-corrected chi connectivity index (χ4v) is 1.87. The summed E-state index contributed by atoms with van der Waals surface area (Å²) in [6.07, 6.45) is 0. The molecule has 0 aliphatic rings. The fraction of sp³-hybridized carbons (Fsp3) is 0.385. The molecule has 0 saturated carbocycles.